The molecule has 11 heteroatoms. The second-order valence-corrected chi connectivity index (χ2v) is 8.97. The van der Waals surface area contributed by atoms with E-state index in [0.29, 0.717) is 35.3 Å². The van der Waals surface area contributed by atoms with Crippen LogP contribution in [0.3, 0.4) is 0 Å². The third-order valence-corrected chi connectivity index (χ3v) is 6.13. The van der Waals surface area contributed by atoms with Crippen molar-refractivity contribution in [3.05, 3.63) is 99.2 Å². The lowest BCUT2D eigenvalue weighted by molar-refractivity contribution is -0.192. The van der Waals surface area contributed by atoms with Gasteiger partial charge in [0.25, 0.3) is 0 Å². The van der Waals surface area contributed by atoms with Crippen LogP contribution < -0.4 is 10.5 Å². The lowest BCUT2D eigenvalue weighted by Gasteiger charge is -2.09. The summed E-state index contributed by atoms with van der Waals surface area (Å²) in [6.45, 7) is 1.65. The molecule has 4 aromatic rings. The van der Waals surface area contributed by atoms with Crippen LogP contribution in [0.5, 0.6) is 5.75 Å². The van der Waals surface area contributed by atoms with Crippen molar-refractivity contribution < 1.29 is 27.8 Å². The van der Waals surface area contributed by atoms with Gasteiger partial charge < -0.3 is 20.1 Å². The predicted octanol–water partition coefficient (Wildman–Crippen LogP) is 6.58. The smallest absolute Gasteiger partial charge is 0.489 e. The molecule has 0 atom stereocenters. The Bertz CT molecular complexity index is 1480. The molecule has 0 aliphatic carbocycles. The van der Waals surface area contributed by atoms with Gasteiger partial charge in [-0.3, -0.25) is 0 Å². The zero-order valence-corrected chi connectivity index (χ0v) is 21.3. The largest absolute Gasteiger partial charge is 0.490 e. The standard InChI is InChI=1S/C25H21Cl2N3O.C2HF3O2/c26-23-6-4-18(11-24(23)27)14-30-15-20(8-9-28)22-12-21(5-7-25(22)30)31-16-19-3-1-2-17(10-19)13-29;3-2(4,5)1(6)7/h1-7,10-12,15H,8-9,14,16,28H2;(H,6,7). The van der Waals surface area contributed by atoms with Gasteiger partial charge in [-0.05, 0) is 72.1 Å². The third kappa shape index (κ3) is 7.65. The molecule has 1 heterocycles. The first kappa shape index (κ1) is 28.9. The normalized spacial score (nSPS) is 11.0. The summed E-state index contributed by atoms with van der Waals surface area (Å²) in [7, 11) is 0. The molecule has 0 spiro atoms. The molecule has 0 bridgehead atoms. The Kier molecular flexibility index (Phi) is 9.64. The molecule has 0 saturated heterocycles. The fourth-order valence-corrected chi connectivity index (χ4v) is 3.98. The molecule has 0 amide bonds. The van der Waals surface area contributed by atoms with Gasteiger partial charge in [-0.2, -0.15) is 18.4 Å². The number of carboxylic acid groups (broad SMARTS) is 1. The fraction of sp³-hybridized carbons (Fsp3) is 0.185. The van der Waals surface area contributed by atoms with E-state index < -0.39 is 12.1 Å². The van der Waals surface area contributed by atoms with Gasteiger partial charge in [0.2, 0.25) is 0 Å². The van der Waals surface area contributed by atoms with Crippen LogP contribution in [0.4, 0.5) is 13.2 Å². The summed E-state index contributed by atoms with van der Waals surface area (Å²) in [6.07, 6.45) is -2.17. The molecule has 4 rings (SSSR count). The maximum absolute atomic E-state index is 10.6. The molecular weight excluding hydrogens is 542 g/mol. The molecule has 0 radical (unpaired) electrons. The number of aromatic nitrogens is 1. The van der Waals surface area contributed by atoms with E-state index in [-0.39, 0.29) is 0 Å². The van der Waals surface area contributed by atoms with Gasteiger partial charge in [-0.25, -0.2) is 4.79 Å². The van der Waals surface area contributed by atoms with Crippen molar-refractivity contribution in [1.82, 2.24) is 4.57 Å². The average Bonchev–Trinajstić information content (AvgIpc) is 3.21. The third-order valence-electron chi connectivity index (χ3n) is 5.39. The number of nitriles is 1. The Labute approximate surface area is 226 Å². The predicted molar refractivity (Wildman–Crippen MR) is 139 cm³/mol. The van der Waals surface area contributed by atoms with Crippen LogP contribution >= 0.6 is 23.2 Å². The molecule has 6 nitrogen and oxygen atoms in total. The van der Waals surface area contributed by atoms with Crippen molar-refractivity contribution in [2.24, 2.45) is 5.73 Å². The molecular formula is C27H22Cl2F3N3O3. The maximum atomic E-state index is 10.6. The Morgan fingerprint density at radius 1 is 1.05 bits per heavy atom. The number of fused-ring (bicyclic) bond motifs is 1. The molecule has 0 unspecified atom stereocenters. The lowest BCUT2D eigenvalue weighted by atomic mass is 10.1. The van der Waals surface area contributed by atoms with E-state index >= 15 is 0 Å². The van der Waals surface area contributed by atoms with E-state index in [2.05, 4.69) is 29.0 Å². The minimum absolute atomic E-state index is 0.400. The number of ether oxygens (including phenoxy) is 1. The number of benzene rings is 3. The highest BCUT2D eigenvalue weighted by Crippen LogP contribution is 2.29. The first-order valence-electron chi connectivity index (χ1n) is 11.2. The summed E-state index contributed by atoms with van der Waals surface area (Å²) in [5, 5.41) is 18.4. The lowest BCUT2D eigenvalue weighted by Crippen LogP contribution is -2.21. The molecule has 3 N–H and O–H groups in total. The van der Waals surface area contributed by atoms with Crippen LogP contribution in [-0.2, 0) is 24.4 Å². The van der Waals surface area contributed by atoms with Crippen molar-refractivity contribution in [3.63, 3.8) is 0 Å². The molecule has 0 aliphatic heterocycles. The van der Waals surface area contributed by atoms with Gasteiger partial charge in [0, 0.05) is 23.6 Å². The number of hydrogen-bond acceptors (Lipinski definition) is 4. The maximum Gasteiger partial charge on any atom is 0.490 e. The molecule has 38 heavy (non-hydrogen) atoms. The first-order valence-corrected chi connectivity index (χ1v) is 11.9. The molecule has 0 fully saturated rings. The number of alkyl halides is 3. The minimum atomic E-state index is -5.08. The number of carbonyl (C=O) groups is 1. The Balaban J connectivity index is 0.000000505. The molecule has 0 saturated carbocycles. The van der Waals surface area contributed by atoms with Gasteiger partial charge in [0.15, 0.2) is 0 Å². The Morgan fingerprint density at radius 3 is 2.42 bits per heavy atom. The van der Waals surface area contributed by atoms with Crippen LogP contribution in [0.1, 0.15) is 22.3 Å². The van der Waals surface area contributed by atoms with E-state index in [1.54, 1.807) is 6.07 Å². The van der Waals surface area contributed by atoms with Crippen molar-refractivity contribution in [3.8, 4) is 11.8 Å². The number of hydrogen-bond donors (Lipinski definition) is 2. The van der Waals surface area contributed by atoms with Crippen LogP contribution in [0, 0.1) is 11.3 Å². The van der Waals surface area contributed by atoms with Crippen molar-refractivity contribution >= 4 is 40.1 Å². The molecule has 0 aliphatic rings. The highest BCUT2D eigenvalue weighted by Gasteiger charge is 2.38. The fourth-order valence-electron chi connectivity index (χ4n) is 3.66. The van der Waals surface area contributed by atoms with E-state index in [9.17, 15) is 13.2 Å². The number of nitrogens with zero attached hydrogens (tertiary/aromatic N) is 2. The summed E-state index contributed by atoms with van der Waals surface area (Å²) < 4.78 is 39.9. The number of halogens is 5. The van der Waals surface area contributed by atoms with Crippen molar-refractivity contribution in [2.45, 2.75) is 25.7 Å². The molecule has 3 aromatic carbocycles. The number of nitrogens with two attached hydrogens (primary N) is 1. The summed E-state index contributed by atoms with van der Waals surface area (Å²) in [6, 6.07) is 21.4. The molecule has 198 valence electrons. The highest BCUT2D eigenvalue weighted by atomic mass is 35.5. The van der Waals surface area contributed by atoms with E-state index in [0.717, 1.165) is 34.2 Å². The van der Waals surface area contributed by atoms with Gasteiger partial charge in [0.1, 0.15) is 12.4 Å². The highest BCUT2D eigenvalue weighted by molar-refractivity contribution is 6.42. The second kappa shape index (κ2) is 12.7. The van der Waals surface area contributed by atoms with Crippen molar-refractivity contribution in [1.29, 1.82) is 5.26 Å². The van der Waals surface area contributed by atoms with Crippen LogP contribution in [0.15, 0.2) is 66.9 Å². The monoisotopic (exact) mass is 563 g/mol. The summed E-state index contributed by atoms with van der Waals surface area (Å²) in [5.74, 6) is -1.98. The Hall–Kier alpha value is -3.71. The molecule has 1 aromatic heterocycles. The van der Waals surface area contributed by atoms with E-state index in [1.165, 1.54) is 5.56 Å². The summed E-state index contributed by atoms with van der Waals surface area (Å²) >= 11 is 12.2. The van der Waals surface area contributed by atoms with Gasteiger partial charge >= 0.3 is 12.1 Å². The van der Waals surface area contributed by atoms with E-state index in [1.807, 2.05) is 42.5 Å². The number of aliphatic carboxylic acids is 1. The van der Waals surface area contributed by atoms with Crippen LogP contribution in [0.25, 0.3) is 10.9 Å². The Morgan fingerprint density at radius 2 is 1.79 bits per heavy atom. The topological polar surface area (TPSA) is 101 Å². The van der Waals surface area contributed by atoms with E-state index in [4.69, 9.17) is 48.8 Å². The van der Waals surface area contributed by atoms with Crippen LogP contribution in [-0.4, -0.2) is 28.4 Å². The van der Waals surface area contributed by atoms with Crippen molar-refractivity contribution in [2.75, 3.05) is 6.54 Å². The quantitative estimate of drug-likeness (QED) is 0.264. The van der Waals surface area contributed by atoms with Gasteiger partial charge in [-0.15, -0.1) is 0 Å². The zero-order valence-electron chi connectivity index (χ0n) is 19.8. The van der Waals surface area contributed by atoms with Crippen LogP contribution in [0.2, 0.25) is 10.0 Å². The first-order chi connectivity index (χ1) is 18.0. The SMILES string of the molecule is N#Cc1cccc(COc2ccc3c(c2)c(CCN)cn3Cc2ccc(Cl)c(Cl)c2)c1.O=C(O)C(F)(F)F. The summed E-state index contributed by atoms with van der Waals surface area (Å²) in [5.41, 5.74) is 10.8. The summed E-state index contributed by atoms with van der Waals surface area (Å²) in [4.78, 5) is 8.90. The second-order valence-electron chi connectivity index (χ2n) is 8.15. The van der Waals surface area contributed by atoms with Gasteiger partial charge in [-0.1, -0.05) is 41.4 Å². The average molecular weight is 564 g/mol. The number of carboxylic acids is 1. The minimum Gasteiger partial charge on any atom is -0.489 e. The van der Waals surface area contributed by atoms with Gasteiger partial charge in [0.05, 0.1) is 21.7 Å². The number of rotatable bonds is 7. The zero-order chi connectivity index (χ0) is 27.9.